The number of hydrogen-bond acceptors (Lipinski definition) is 4. The van der Waals surface area contributed by atoms with Gasteiger partial charge in [-0.05, 0) is 56.6 Å². The van der Waals surface area contributed by atoms with E-state index in [4.69, 9.17) is 4.42 Å². The van der Waals surface area contributed by atoms with Gasteiger partial charge in [0.1, 0.15) is 0 Å². The Morgan fingerprint density at radius 3 is 3.00 bits per heavy atom. The van der Waals surface area contributed by atoms with Gasteiger partial charge in [0.05, 0.1) is 18.5 Å². The number of pyridine rings is 1. The quantitative estimate of drug-likeness (QED) is 0.942. The molecule has 0 saturated carbocycles. The minimum Gasteiger partial charge on any atom is -0.459 e. The number of furan rings is 1. The Labute approximate surface area is 130 Å². The molecule has 0 aromatic carbocycles. The van der Waals surface area contributed by atoms with Crippen molar-refractivity contribution in [1.82, 2.24) is 15.2 Å². The minimum atomic E-state index is -0.0532. The number of rotatable bonds is 4. The average molecular weight is 299 g/mol. The Morgan fingerprint density at radius 1 is 1.27 bits per heavy atom. The first kappa shape index (κ1) is 14.8. The van der Waals surface area contributed by atoms with E-state index in [-0.39, 0.29) is 11.9 Å². The third kappa shape index (κ3) is 3.54. The molecule has 0 bridgehead atoms. The maximum absolute atomic E-state index is 12.8. The molecule has 5 nitrogen and oxygen atoms in total. The topological polar surface area (TPSA) is 58.4 Å². The van der Waals surface area contributed by atoms with E-state index < -0.39 is 0 Å². The zero-order valence-corrected chi connectivity index (χ0v) is 12.6. The average Bonchev–Trinajstić information content (AvgIpc) is 2.96. The van der Waals surface area contributed by atoms with Crippen LogP contribution in [0.5, 0.6) is 0 Å². The lowest BCUT2D eigenvalue weighted by Crippen LogP contribution is -2.40. The summed E-state index contributed by atoms with van der Waals surface area (Å²) < 4.78 is 5.31. The Morgan fingerprint density at radius 2 is 2.23 bits per heavy atom. The van der Waals surface area contributed by atoms with Crippen LogP contribution in [0.1, 0.15) is 35.5 Å². The molecule has 3 heterocycles. The number of amides is 1. The predicted molar refractivity (Wildman–Crippen MR) is 83.3 cm³/mol. The van der Waals surface area contributed by atoms with Crippen LogP contribution in [0.4, 0.5) is 0 Å². The fourth-order valence-corrected chi connectivity index (χ4v) is 2.89. The molecule has 1 saturated heterocycles. The molecule has 0 spiro atoms. The summed E-state index contributed by atoms with van der Waals surface area (Å²) in [4.78, 5) is 19.1. The zero-order valence-electron chi connectivity index (χ0n) is 12.6. The first-order valence-corrected chi connectivity index (χ1v) is 7.79. The van der Waals surface area contributed by atoms with Gasteiger partial charge in [0, 0.05) is 12.2 Å². The highest BCUT2D eigenvalue weighted by Crippen LogP contribution is 2.19. The monoisotopic (exact) mass is 299 g/mol. The lowest BCUT2D eigenvalue weighted by atomic mass is 10.1. The van der Waals surface area contributed by atoms with Crippen LogP contribution < -0.4 is 5.32 Å². The summed E-state index contributed by atoms with van der Waals surface area (Å²) in [5.41, 5.74) is 0.902. The summed E-state index contributed by atoms with van der Waals surface area (Å²) in [5, 5.41) is 3.39. The van der Waals surface area contributed by atoms with Crippen molar-refractivity contribution in [3.05, 3.63) is 54.2 Å². The zero-order chi connectivity index (χ0) is 15.2. The lowest BCUT2D eigenvalue weighted by molar-refractivity contribution is 0.0609. The van der Waals surface area contributed by atoms with Crippen LogP contribution in [-0.4, -0.2) is 34.9 Å². The highest BCUT2D eigenvalue weighted by atomic mass is 16.3. The van der Waals surface area contributed by atoms with Crippen molar-refractivity contribution in [2.24, 2.45) is 0 Å². The maximum atomic E-state index is 12.8. The van der Waals surface area contributed by atoms with Crippen LogP contribution in [0.2, 0.25) is 0 Å². The number of nitrogens with zero attached hydrogens (tertiary/aromatic N) is 2. The van der Waals surface area contributed by atoms with Crippen molar-refractivity contribution in [2.75, 3.05) is 13.1 Å². The van der Waals surface area contributed by atoms with Gasteiger partial charge in [-0.3, -0.25) is 9.78 Å². The number of aromatic nitrogens is 1. The number of hydrogen-bond donors (Lipinski definition) is 1. The molecule has 116 valence electrons. The SMILES string of the molecule is O=C(c1ccco1)N(Cc1ccccn1)[C@@H]1CCCNCC1. The van der Waals surface area contributed by atoms with Crippen molar-refractivity contribution in [2.45, 2.75) is 31.8 Å². The normalized spacial score (nSPS) is 18.6. The second kappa shape index (κ2) is 7.22. The van der Waals surface area contributed by atoms with E-state index in [1.807, 2.05) is 23.1 Å². The highest BCUT2D eigenvalue weighted by molar-refractivity contribution is 5.91. The summed E-state index contributed by atoms with van der Waals surface area (Å²) in [6.07, 6.45) is 6.35. The Hall–Kier alpha value is -2.14. The van der Waals surface area contributed by atoms with Crippen LogP contribution in [-0.2, 0) is 6.54 Å². The van der Waals surface area contributed by atoms with Gasteiger partial charge in [-0.2, -0.15) is 0 Å². The van der Waals surface area contributed by atoms with Gasteiger partial charge in [-0.15, -0.1) is 0 Å². The smallest absolute Gasteiger partial charge is 0.290 e. The predicted octanol–water partition coefficient (Wildman–Crippen LogP) is 2.46. The molecule has 0 unspecified atom stereocenters. The van der Waals surface area contributed by atoms with Gasteiger partial charge >= 0.3 is 0 Å². The summed E-state index contributed by atoms with van der Waals surface area (Å²) in [6.45, 7) is 2.47. The number of carbonyl (C=O) groups is 1. The van der Waals surface area contributed by atoms with Gasteiger partial charge in [-0.1, -0.05) is 6.07 Å². The summed E-state index contributed by atoms with van der Waals surface area (Å²) in [5.74, 6) is 0.343. The van der Waals surface area contributed by atoms with Crippen molar-refractivity contribution in [1.29, 1.82) is 0 Å². The first-order chi connectivity index (χ1) is 10.8. The molecule has 22 heavy (non-hydrogen) atoms. The molecule has 2 aromatic rings. The molecule has 0 radical (unpaired) electrons. The lowest BCUT2D eigenvalue weighted by Gasteiger charge is -2.30. The molecule has 5 heteroatoms. The van der Waals surface area contributed by atoms with Crippen LogP contribution >= 0.6 is 0 Å². The maximum Gasteiger partial charge on any atom is 0.290 e. The summed E-state index contributed by atoms with van der Waals surface area (Å²) >= 11 is 0. The van der Waals surface area contributed by atoms with Gasteiger partial charge in [0.25, 0.3) is 5.91 Å². The summed E-state index contributed by atoms with van der Waals surface area (Å²) in [6, 6.07) is 9.49. The van der Waals surface area contributed by atoms with E-state index in [0.29, 0.717) is 12.3 Å². The molecule has 0 aliphatic carbocycles. The summed E-state index contributed by atoms with van der Waals surface area (Å²) in [7, 11) is 0. The fraction of sp³-hybridized carbons (Fsp3) is 0.412. The third-order valence-electron chi connectivity index (χ3n) is 4.04. The van der Waals surface area contributed by atoms with E-state index in [2.05, 4.69) is 10.3 Å². The van der Waals surface area contributed by atoms with E-state index in [9.17, 15) is 4.79 Å². The van der Waals surface area contributed by atoms with Crippen molar-refractivity contribution in [3.8, 4) is 0 Å². The molecule has 1 aliphatic heterocycles. The number of carbonyl (C=O) groups excluding carboxylic acids is 1. The van der Waals surface area contributed by atoms with Crippen molar-refractivity contribution < 1.29 is 9.21 Å². The van der Waals surface area contributed by atoms with Gasteiger partial charge < -0.3 is 14.6 Å². The van der Waals surface area contributed by atoms with E-state index in [1.165, 1.54) is 0 Å². The molecule has 1 atom stereocenters. The fourth-order valence-electron chi connectivity index (χ4n) is 2.89. The molecule has 1 N–H and O–H groups in total. The highest BCUT2D eigenvalue weighted by Gasteiger charge is 2.27. The first-order valence-electron chi connectivity index (χ1n) is 7.79. The Bertz CT molecular complexity index is 575. The van der Waals surface area contributed by atoms with E-state index in [0.717, 1.165) is 38.0 Å². The molecule has 3 rings (SSSR count). The van der Waals surface area contributed by atoms with E-state index in [1.54, 1.807) is 24.6 Å². The second-order valence-corrected chi connectivity index (χ2v) is 5.57. The van der Waals surface area contributed by atoms with E-state index >= 15 is 0 Å². The third-order valence-corrected chi connectivity index (χ3v) is 4.04. The van der Waals surface area contributed by atoms with Crippen LogP contribution in [0.15, 0.2) is 47.2 Å². The Balaban J connectivity index is 1.82. The molecular weight excluding hydrogens is 278 g/mol. The standard InChI is InChI=1S/C17H21N3O2/c21-17(16-7-4-12-22-16)20(13-14-5-1-2-10-19-14)15-6-3-9-18-11-8-15/h1-2,4-5,7,10,12,15,18H,3,6,8-9,11,13H2/t15-/m1/s1. The van der Waals surface area contributed by atoms with Gasteiger partial charge in [-0.25, -0.2) is 0 Å². The molecular formula is C17H21N3O2. The van der Waals surface area contributed by atoms with Gasteiger partial charge in [0.15, 0.2) is 5.76 Å². The molecule has 1 amide bonds. The largest absolute Gasteiger partial charge is 0.459 e. The van der Waals surface area contributed by atoms with Crippen molar-refractivity contribution >= 4 is 5.91 Å². The van der Waals surface area contributed by atoms with Crippen LogP contribution in [0.25, 0.3) is 0 Å². The second-order valence-electron chi connectivity index (χ2n) is 5.57. The molecule has 1 fully saturated rings. The van der Waals surface area contributed by atoms with Crippen LogP contribution in [0, 0.1) is 0 Å². The minimum absolute atomic E-state index is 0.0532. The van der Waals surface area contributed by atoms with Crippen molar-refractivity contribution in [3.63, 3.8) is 0 Å². The van der Waals surface area contributed by atoms with Gasteiger partial charge in [0.2, 0.25) is 0 Å². The Kier molecular flexibility index (Phi) is 4.85. The molecule has 1 aliphatic rings. The molecule has 2 aromatic heterocycles. The number of nitrogens with one attached hydrogen (secondary N) is 1. The van der Waals surface area contributed by atoms with Crippen LogP contribution in [0.3, 0.4) is 0 Å².